The Balaban J connectivity index is 1.89. The quantitative estimate of drug-likeness (QED) is 0.779. The normalized spacial score (nSPS) is 22.3. The smallest absolute Gasteiger partial charge is 0.310 e. The molecule has 126 valence electrons. The van der Waals surface area contributed by atoms with Crippen molar-refractivity contribution in [3.05, 3.63) is 35.9 Å². The second-order valence-electron chi connectivity index (χ2n) is 6.49. The summed E-state index contributed by atoms with van der Waals surface area (Å²) < 4.78 is 5.44. The number of carbonyl (C=O) groups is 2. The summed E-state index contributed by atoms with van der Waals surface area (Å²) >= 11 is 0. The molecule has 0 heterocycles. The van der Waals surface area contributed by atoms with Crippen LogP contribution in [-0.2, 0) is 14.3 Å². The highest BCUT2D eigenvalue weighted by molar-refractivity contribution is 5.84. The summed E-state index contributed by atoms with van der Waals surface area (Å²) in [4.78, 5) is 24.0. The number of nitrogens with two attached hydrogens (primary N) is 1. The highest BCUT2D eigenvalue weighted by Crippen LogP contribution is 2.33. The van der Waals surface area contributed by atoms with Crippen LogP contribution in [-0.4, -0.2) is 11.9 Å². The maximum absolute atomic E-state index is 12.4. The fourth-order valence-corrected chi connectivity index (χ4v) is 3.31. The molecule has 0 spiro atoms. The summed E-state index contributed by atoms with van der Waals surface area (Å²) in [6.45, 7) is 2.20. The van der Waals surface area contributed by atoms with E-state index in [4.69, 9.17) is 10.5 Å². The Morgan fingerprint density at radius 1 is 1.17 bits per heavy atom. The highest BCUT2D eigenvalue weighted by Gasteiger charge is 2.30. The fraction of sp³-hybridized carbons (Fsp3) is 0.579. The summed E-state index contributed by atoms with van der Waals surface area (Å²) in [6.07, 6.45) is 6.62. The predicted molar refractivity (Wildman–Crippen MR) is 89.4 cm³/mol. The van der Waals surface area contributed by atoms with Gasteiger partial charge < -0.3 is 10.5 Å². The lowest BCUT2D eigenvalue weighted by molar-refractivity contribution is -0.160. The van der Waals surface area contributed by atoms with Crippen LogP contribution < -0.4 is 5.73 Å². The minimum Gasteiger partial charge on any atom is -0.447 e. The second kappa shape index (κ2) is 8.70. The first-order valence-corrected chi connectivity index (χ1v) is 8.66. The molecule has 0 saturated heterocycles. The van der Waals surface area contributed by atoms with Crippen LogP contribution in [0.25, 0.3) is 0 Å². The van der Waals surface area contributed by atoms with Crippen LogP contribution in [0.15, 0.2) is 30.3 Å². The lowest BCUT2D eigenvalue weighted by Crippen LogP contribution is -2.30. The Morgan fingerprint density at radius 2 is 1.83 bits per heavy atom. The molecule has 0 aliphatic heterocycles. The first kappa shape index (κ1) is 17.5. The van der Waals surface area contributed by atoms with Gasteiger partial charge in [0.25, 0.3) is 5.91 Å². The van der Waals surface area contributed by atoms with Crippen molar-refractivity contribution < 1.29 is 14.3 Å². The molecule has 1 aliphatic rings. The van der Waals surface area contributed by atoms with Crippen LogP contribution in [0.5, 0.6) is 0 Å². The van der Waals surface area contributed by atoms with E-state index in [1.165, 1.54) is 19.3 Å². The summed E-state index contributed by atoms with van der Waals surface area (Å²) in [5.41, 5.74) is 6.04. The number of primary amides is 1. The van der Waals surface area contributed by atoms with E-state index < -0.39 is 12.0 Å². The third-order valence-corrected chi connectivity index (χ3v) is 4.74. The van der Waals surface area contributed by atoms with Gasteiger partial charge in [0, 0.05) is 5.56 Å². The highest BCUT2D eigenvalue weighted by atomic mass is 16.5. The lowest BCUT2D eigenvalue weighted by atomic mass is 9.80. The number of carbonyl (C=O) groups excluding carboxylic acids is 2. The van der Waals surface area contributed by atoms with Gasteiger partial charge >= 0.3 is 5.97 Å². The molecule has 0 radical (unpaired) electrons. The molecule has 4 nitrogen and oxygen atoms in total. The van der Waals surface area contributed by atoms with Gasteiger partial charge in [0.1, 0.15) is 0 Å². The van der Waals surface area contributed by atoms with Crippen molar-refractivity contribution in [3.8, 4) is 0 Å². The van der Waals surface area contributed by atoms with Gasteiger partial charge in [-0.1, -0.05) is 56.5 Å². The molecule has 0 aromatic heterocycles. The molecule has 1 aromatic carbocycles. The van der Waals surface area contributed by atoms with E-state index in [0.717, 1.165) is 31.6 Å². The molecular formula is C19H27NO3. The van der Waals surface area contributed by atoms with E-state index in [1.54, 1.807) is 24.3 Å². The first-order chi connectivity index (χ1) is 11.1. The summed E-state index contributed by atoms with van der Waals surface area (Å²) in [5.74, 6) is -0.272. The van der Waals surface area contributed by atoms with Crippen molar-refractivity contribution in [1.82, 2.24) is 0 Å². The minimum atomic E-state index is -0.985. The third kappa shape index (κ3) is 5.08. The molecule has 23 heavy (non-hydrogen) atoms. The van der Waals surface area contributed by atoms with Gasteiger partial charge in [-0.25, -0.2) is 0 Å². The predicted octanol–water partition coefficient (Wildman–Crippen LogP) is 3.75. The minimum absolute atomic E-state index is 0.0987. The van der Waals surface area contributed by atoms with Gasteiger partial charge in [-0.15, -0.1) is 0 Å². The topological polar surface area (TPSA) is 69.4 Å². The number of esters is 1. The lowest BCUT2D eigenvalue weighted by Gasteiger charge is -2.28. The van der Waals surface area contributed by atoms with Gasteiger partial charge in [-0.3, -0.25) is 9.59 Å². The Hall–Kier alpha value is -1.84. The number of unbranched alkanes of at least 4 members (excludes halogenated alkanes) is 1. The van der Waals surface area contributed by atoms with E-state index in [2.05, 4.69) is 6.92 Å². The van der Waals surface area contributed by atoms with Crippen LogP contribution in [0.2, 0.25) is 0 Å². The zero-order valence-corrected chi connectivity index (χ0v) is 13.9. The molecule has 1 aromatic rings. The molecule has 1 atom stereocenters. The monoisotopic (exact) mass is 317 g/mol. The van der Waals surface area contributed by atoms with Gasteiger partial charge in [-0.2, -0.15) is 0 Å². The Morgan fingerprint density at radius 3 is 2.39 bits per heavy atom. The zero-order chi connectivity index (χ0) is 16.7. The number of rotatable bonds is 7. The number of ether oxygens (including phenoxy) is 1. The van der Waals surface area contributed by atoms with E-state index in [9.17, 15) is 9.59 Å². The van der Waals surface area contributed by atoms with Crippen molar-refractivity contribution in [2.45, 2.75) is 58.0 Å². The average Bonchev–Trinajstić information content (AvgIpc) is 2.58. The molecular weight excluding hydrogens is 290 g/mol. The molecule has 2 N–H and O–H groups in total. The summed E-state index contributed by atoms with van der Waals surface area (Å²) in [7, 11) is 0. The average molecular weight is 317 g/mol. The van der Waals surface area contributed by atoms with Gasteiger partial charge in [0.15, 0.2) is 0 Å². The van der Waals surface area contributed by atoms with Crippen LogP contribution in [0, 0.1) is 11.8 Å². The van der Waals surface area contributed by atoms with E-state index in [0.29, 0.717) is 5.56 Å². The largest absolute Gasteiger partial charge is 0.447 e. The van der Waals surface area contributed by atoms with E-state index in [1.807, 2.05) is 6.07 Å². The first-order valence-electron chi connectivity index (χ1n) is 8.66. The van der Waals surface area contributed by atoms with E-state index >= 15 is 0 Å². The Kier molecular flexibility index (Phi) is 6.63. The van der Waals surface area contributed by atoms with Crippen molar-refractivity contribution in [1.29, 1.82) is 0 Å². The Labute approximate surface area is 138 Å². The van der Waals surface area contributed by atoms with Crippen LogP contribution in [0.3, 0.4) is 0 Å². The second-order valence-corrected chi connectivity index (χ2v) is 6.49. The zero-order valence-electron chi connectivity index (χ0n) is 13.9. The van der Waals surface area contributed by atoms with Gasteiger partial charge in [-0.05, 0) is 31.6 Å². The van der Waals surface area contributed by atoms with Crippen molar-refractivity contribution in [2.24, 2.45) is 17.6 Å². The standard InChI is InChI=1S/C19H27NO3/c1-2-3-7-14-10-12-16(13-11-14)19(22)23-17(18(20)21)15-8-5-4-6-9-15/h4-6,8-9,14,16-17H,2-3,7,10-13H2,1H3,(H2,20,21)/t14?,16?,17-/m0/s1. The van der Waals surface area contributed by atoms with E-state index in [-0.39, 0.29) is 11.9 Å². The van der Waals surface area contributed by atoms with Gasteiger partial charge in [0.2, 0.25) is 6.10 Å². The fourth-order valence-electron chi connectivity index (χ4n) is 3.31. The number of amides is 1. The molecule has 1 amide bonds. The maximum atomic E-state index is 12.4. The molecule has 1 aliphatic carbocycles. The van der Waals surface area contributed by atoms with Crippen LogP contribution in [0.1, 0.15) is 63.5 Å². The summed E-state index contributed by atoms with van der Waals surface area (Å²) in [5, 5.41) is 0. The maximum Gasteiger partial charge on any atom is 0.310 e. The molecule has 0 bridgehead atoms. The van der Waals surface area contributed by atoms with Crippen molar-refractivity contribution >= 4 is 11.9 Å². The Bertz CT molecular complexity index is 507. The SMILES string of the molecule is CCCCC1CCC(C(=O)O[C@H](C(N)=O)c2ccccc2)CC1. The molecule has 1 fully saturated rings. The molecule has 0 unspecified atom stereocenters. The number of hydrogen-bond donors (Lipinski definition) is 1. The molecule has 1 saturated carbocycles. The van der Waals surface area contributed by atoms with Crippen LogP contribution in [0.4, 0.5) is 0 Å². The number of hydrogen-bond acceptors (Lipinski definition) is 3. The number of benzene rings is 1. The third-order valence-electron chi connectivity index (χ3n) is 4.74. The summed E-state index contributed by atoms with van der Waals surface area (Å²) in [6, 6.07) is 8.96. The van der Waals surface area contributed by atoms with Crippen LogP contribution >= 0.6 is 0 Å². The van der Waals surface area contributed by atoms with Gasteiger partial charge in [0.05, 0.1) is 5.92 Å². The molecule has 2 rings (SSSR count). The van der Waals surface area contributed by atoms with Crippen molar-refractivity contribution in [2.75, 3.05) is 0 Å². The molecule has 4 heteroatoms. The van der Waals surface area contributed by atoms with Crippen molar-refractivity contribution in [3.63, 3.8) is 0 Å².